The van der Waals surface area contributed by atoms with Gasteiger partial charge in [-0.2, -0.15) is 13.2 Å². The molecule has 1 amide bonds. The average molecular weight is 494 g/mol. The van der Waals surface area contributed by atoms with Gasteiger partial charge in [0.15, 0.2) is 13.9 Å². The lowest BCUT2D eigenvalue weighted by Crippen LogP contribution is -2.55. The van der Waals surface area contributed by atoms with E-state index in [0.29, 0.717) is 25.3 Å². The second-order valence-corrected chi connectivity index (χ2v) is 17.4. The van der Waals surface area contributed by atoms with Crippen LogP contribution in [0, 0.1) is 23.2 Å². The van der Waals surface area contributed by atoms with Gasteiger partial charge in [-0.1, -0.05) is 47.5 Å². The van der Waals surface area contributed by atoms with E-state index in [2.05, 4.69) is 53.0 Å². The van der Waals surface area contributed by atoms with E-state index in [-0.39, 0.29) is 22.5 Å². The molecule has 2 rings (SSSR count). The van der Waals surface area contributed by atoms with Crippen LogP contribution in [0.25, 0.3) is 0 Å². The van der Waals surface area contributed by atoms with Crippen LogP contribution < -0.4 is 5.32 Å². The Kier molecular flexibility index (Phi) is 8.51. The van der Waals surface area contributed by atoms with Crippen molar-refractivity contribution in [2.75, 3.05) is 6.54 Å². The van der Waals surface area contributed by atoms with Gasteiger partial charge < -0.3 is 14.8 Å². The van der Waals surface area contributed by atoms with Crippen molar-refractivity contribution in [2.24, 2.45) is 23.2 Å². The number of alkyl halides is 3. The first-order valence-corrected chi connectivity index (χ1v) is 15.5. The highest BCUT2D eigenvalue weighted by Gasteiger charge is 2.53. The predicted molar refractivity (Wildman–Crippen MR) is 128 cm³/mol. The first-order valence-electron chi connectivity index (χ1n) is 12.6. The van der Waals surface area contributed by atoms with Gasteiger partial charge in [-0.15, -0.1) is 0 Å². The molecule has 2 aliphatic carbocycles. The summed E-state index contributed by atoms with van der Waals surface area (Å²) in [5, 5.41) is 12.4. The van der Waals surface area contributed by atoms with Crippen LogP contribution in [0.4, 0.5) is 13.2 Å². The Balaban J connectivity index is 2.07. The summed E-state index contributed by atoms with van der Waals surface area (Å²) in [6.45, 7) is 16.9. The number of halogens is 3. The molecule has 0 aliphatic heterocycles. The number of carbonyl (C=O) groups excluding carboxylic acids is 1. The van der Waals surface area contributed by atoms with E-state index >= 15 is 0 Å². The quantitative estimate of drug-likeness (QED) is 0.401. The molecule has 33 heavy (non-hydrogen) atoms. The zero-order valence-electron chi connectivity index (χ0n) is 21.9. The Morgan fingerprint density at radius 2 is 1.76 bits per heavy atom. The van der Waals surface area contributed by atoms with Crippen LogP contribution in [-0.2, 0) is 9.22 Å². The first kappa shape index (κ1) is 28.6. The Hall–Kier alpha value is -0.603. The smallest absolute Gasteiger partial charge is 0.414 e. The van der Waals surface area contributed by atoms with Gasteiger partial charge in [-0.3, -0.25) is 4.79 Å². The summed E-state index contributed by atoms with van der Waals surface area (Å²) < 4.78 is 45.6. The van der Waals surface area contributed by atoms with Gasteiger partial charge in [0.2, 0.25) is 5.91 Å². The molecule has 0 bridgehead atoms. The fourth-order valence-corrected chi connectivity index (χ4v) is 7.27. The molecule has 0 aromatic heterocycles. The van der Waals surface area contributed by atoms with Crippen LogP contribution in [-0.4, -0.2) is 43.8 Å². The van der Waals surface area contributed by atoms with Crippen LogP contribution in [0.1, 0.15) is 86.5 Å². The number of hydrogen-bond donors (Lipinski definition) is 2. The number of hydrogen-bond acceptors (Lipinski definition) is 3. The standard InChI is InChI=1S/C25H46F3NO3Si/c1-17(16-29-21(30)15-24(6,31)25(26,27)28)18-11-9-12-19-20(13-10-14-23(18,19)5)32-33(7,8)22(2,3)4/h17-20,31H,9-16H2,1-8H3,(H,29,30)/t17?,18-,19+,20+,23-,24?/m1/s1. The fourth-order valence-electron chi connectivity index (χ4n) is 5.88. The first-order chi connectivity index (χ1) is 14.8. The lowest BCUT2D eigenvalue weighted by molar-refractivity contribution is -0.253. The largest absolute Gasteiger partial charge is 0.417 e. The van der Waals surface area contributed by atoms with Crippen molar-refractivity contribution in [3.8, 4) is 0 Å². The molecule has 2 fully saturated rings. The lowest BCUT2D eigenvalue weighted by Gasteiger charge is -2.56. The van der Waals surface area contributed by atoms with E-state index in [4.69, 9.17) is 4.43 Å². The van der Waals surface area contributed by atoms with E-state index < -0.39 is 32.4 Å². The summed E-state index contributed by atoms with van der Waals surface area (Å²) in [6, 6.07) is 0. The van der Waals surface area contributed by atoms with Crippen LogP contribution in [0.2, 0.25) is 18.1 Å². The van der Waals surface area contributed by atoms with E-state index in [9.17, 15) is 23.1 Å². The summed E-state index contributed by atoms with van der Waals surface area (Å²) >= 11 is 0. The van der Waals surface area contributed by atoms with Gasteiger partial charge >= 0.3 is 6.18 Å². The van der Waals surface area contributed by atoms with Gasteiger partial charge in [0.25, 0.3) is 0 Å². The molecule has 4 nitrogen and oxygen atoms in total. The third-order valence-electron chi connectivity index (χ3n) is 9.05. The number of aliphatic hydroxyl groups is 1. The maximum absolute atomic E-state index is 12.9. The summed E-state index contributed by atoms with van der Waals surface area (Å²) in [7, 11) is -1.89. The van der Waals surface area contributed by atoms with Gasteiger partial charge in [-0.25, -0.2) is 0 Å². The molecule has 194 valence electrons. The lowest BCUT2D eigenvalue weighted by atomic mass is 9.52. The van der Waals surface area contributed by atoms with E-state index in [1.165, 1.54) is 0 Å². The molecule has 0 spiro atoms. The average Bonchev–Trinajstić information content (AvgIpc) is 2.63. The molecular weight excluding hydrogens is 447 g/mol. The Morgan fingerprint density at radius 3 is 2.30 bits per heavy atom. The monoisotopic (exact) mass is 493 g/mol. The van der Waals surface area contributed by atoms with Gasteiger partial charge in [0, 0.05) is 12.6 Å². The highest BCUT2D eigenvalue weighted by molar-refractivity contribution is 6.74. The molecule has 6 atom stereocenters. The van der Waals surface area contributed by atoms with Crippen LogP contribution in [0.3, 0.4) is 0 Å². The maximum Gasteiger partial charge on any atom is 0.417 e. The van der Waals surface area contributed by atoms with Gasteiger partial charge in [0.05, 0.1) is 6.42 Å². The minimum absolute atomic E-state index is 0.102. The van der Waals surface area contributed by atoms with Gasteiger partial charge in [-0.05, 0) is 73.9 Å². The molecule has 0 aromatic rings. The van der Waals surface area contributed by atoms with Crippen LogP contribution in [0.15, 0.2) is 0 Å². The Labute approximate surface area is 199 Å². The second-order valence-electron chi connectivity index (χ2n) is 12.7. The number of amides is 1. The van der Waals surface area contributed by atoms with Crippen molar-refractivity contribution in [3.05, 3.63) is 0 Å². The molecular formula is C25H46F3NO3Si. The molecule has 0 heterocycles. The number of rotatable bonds is 7. The highest BCUT2D eigenvalue weighted by Crippen LogP contribution is 2.57. The third-order valence-corrected chi connectivity index (χ3v) is 13.6. The van der Waals surface area contributed by atoms with Crippen LogP contribution in [0.5, 0.6) is 0 Å². The third kappa shape index (κ3) is 6.34. The Morgan fingerprint density at radius 1 is 1.15 bits per heavy atom. The minimum Gasteiger partial charge on any atom is -0.414 e. The molecule has 8 heteroatoms. The van der Waals surface area contributed by atoms with Crippen molar-refractivity contribution < 1.29 is 27.5 Å². The van der Waals surface area contributed by atoms with Crippen molar-refractivity contribution in [2.45, 2.75) is 123 Å². The molecule has 2 aliphatic rings. The number of nitrogens with one attached hydrogen (secondary N) is 1. The molecule has 0 aromatic carbocycles. The normalized spacial score (nSPS) is 31.9. The van der Waals surface area contributed by atoms with Crippen molar-refractivity contribution in [3.63, 3.8) is 0 Å². The second kappa shape index (κ2) is 9.80. The maximum atomic E-state index is 12.9. The summed E-state index contributed by atoms with van der Waals surface area (Å²) in [5.41, 5.74) is -2.91. The fraction of sp³-hybridized carbons (Fsp3) is 0.960. The van der Waals surface area contributed by atoms with E-state index in [1.807, 2.05) is 0 Å². The molecule has 0 radical (unpaired) electrons. The summed E-state index contributed by atoms with van der Waals surface area (Å²) in [6.07, 6.45) is 1.13. The predicted octanol–water partition coefficient (Wildman–Crippen LogP) is 6.44. The summed E-state index contributed by atoms with van der Waals surface area (Å²) in [5.74, 6) is 0.238. The minimum atomic E-state index is -4.83. The van der Waals surface area contributed by atoms with E-state index in [0.717, 1.165) is 38.5 Å². The summed E-state index contributed by atoms with van der Waals surface area (Å²) in [4.78, 5) is 12.2. The SMILES string of the molecule is CC(CNC(=O)CC(C)(O)C(F)(F)F)[C@H]1CCC[C@H]2[C@@H](O[Si](C)(C)C(C)(C)C)CCC[C@]12C. The number of carbonyl (C=O) groups is 1. The molecule has 2 saturated carbocycles. The number of fused-ring (bicyclic) bond motifs is 1. The molecule has 2 N–H and O–H groups in total. The molecule has 0 saturated heterocycles. The van der Waals surface area contributed by atoms with Gasteiger partial charge in [0.1, 0.15) is 0 Å². The van der Waals surface area contributed by atoms with Crippen molar-refractivity contribution >= 4 is 14.2 Å². The zero-order valence-corrected chi connectivity index (χ0v) is 22.9. The van der Waals surface area contributed by atoms with E-state index in [1.54, 1.807) is 0 Å². The Bertz CT molecular complexity index is 689. The van der Waals surface area contributed by atoms with Crippen molar-refractivity contribution in [1.82, 2.24) is 5.32 Å². The highest BCUT2D eigenvalue weighted by atomic mass is 28.4. The topological polar surface area (TPSA) is 58.6 Å². The zero-order chi connectivity index (χ0) is 25.5. The van der Waals surface area contributed by atoms with Crippen LogP contribution >= 0.6 is 0 Å². The molecule has 2 unspecified atom stereocenters. The van der Waals surface area contributed by atoms with Crippen molar-refractivity contribution in [1.29, 1.82) is 0 Å².